The summed E-state index contributed by atoms with van der Waals surface area (Å²) in [7, 11) is 0. The summed E-state index contributed by atoms with van der Waals surface area (Å²) in [6, 6.07) is 10.3. The minimum Gasteiger partial charge on any atom is -0.365 e. The van der Waals surface area contributed by atoms with Gasteiger partial charge in [-0.2, -0.15) is 18.3 Å². The Bertz CT molecular complexity index is 476. The highest BCUT2D eigenvalue weighted by Gasteiger charge is 2.32. The van der Waals surface area contributed by atoms with E-state index in [-0.39, 0.29) is 5.82 Å². The first kappa shape index (κ1) is 11.5. The van der Waals surface area contributed by atoms with Gasteiger partial charge in [-0.25, -0.2) is 0 Å². The zero-order valence-corrected chi connectivity index (χ0v) is 8.75. The fourth-order valence-corrected chi connectivity index (χ4v) is 1.35. The van der Waals surface area contributed by atoms with Crippen molar-refractivity contribution in [3.63, 3.8) is 0 Å². The second-order valence-corrected chi connectivity index (χ2v) is 3.50. The van der Waals surface area contributed by atoms with E-state index in [0.29, 0.717) is 6.54 Å². The fourth-order valence-electron chi connectivity index (χ4n) is 1.35. The van der Waals surface area contributed by atoms with E-state index in [2.05, 4.69) is 10.4 Å². The molecule has 2 rings (SSSR count). The van der Waals surface area contributed by atoms with Gasteiger partial charge in [0.1, 0.15) is 11.5 Å². The van der Waals surface area contributed by atoms with Gasteiger partial charge in [0.25, 0.3) is 0 Å². The number of halogens is 3. The van der Waals surface area contributed by atoms with Gasteiger partial charge in [0.2, 0.25) is 0 Å². The smallest absolute Gasteiger partial charge is 0.365 e. The van der Waals surface area contributed by atoms with Crippen LogP contribution in [0.2, 0.25) is 0 Å². The Kier molecular flexibility index (Phi) is 3.03. The molecule has 1 aromatic carbocycles. The second kappa shape index (κ2) is 4.48. The maximum absolute atomic E-state index is 12.3. The lowest BCUT2D eigenvalue weighted by Gasteiger charge is -2.02. The Balaban J connectivity index is 1.99. The molecular formula is C11H10F3N3. The molecule has 3 nitrogen and oxygen atoms in total. The predicted octanol–water partition coefficient (Wildman–Crippen LogP) is 3.04. The Morgan fingerprint density at radius 2 is 1.88 bits per heavy atom. The molecule has 1 heterocycles. The van der Waals surface area contributed by atoms with Gasteiger partial charge in [-0.05, 0) is 5.56 Å². The highest BCUT2D eigenvalue weighted by atomic mass is 19.4. The lowest BCUT2D eigenvalue weighted by atomic mass is 10.2. The molecule has 6 heteroatoms. The summed E-state index contributed by atoms with van der Waals surface area (Å²) in [6.07, 6.45) is -4.39. The molecule has 0 aliphatic carbocycles. The number of nitrogens with zero attached hydrogens (tertiary/aromatic N) is 1. The van der Waals surface area contributed by atoms with Crippen LogP contribution in [-0.2, 0) is 12.7 Å². The maximum atomic E-state index is 12.3. The van der Waals surface area contributed by atoms with Crippen LogP contribution in [0, 0.1) is 0 Å². The van der Waals surface area contributed by atoms with Gasteiger partial charge in [-0.1, -0.05) is 30.3 Å². The van der Waals surface area contributed by atoms with Gasteiger partial charge in [0.05, 0.1) is 0 Å². The van der Waals surface area contributed by atoms with Gasteiger partial charge in [0, 0.05) is 12.6 Å². The molecule has 1 aromatic heterocycles. The molecule has 0 amide bonds. The largest absolute Gasteiger partial charge is 0.432 e. The van der Waals surface area contributed by atoms with E-state index in [9.17, 15) is 13.2 Å². The molecule has 90 valence electrons. The number of alkyl halides is 3. The van der Waals surface area contributed by atoms with Crippen molar-refractivity contribution < 1.29 is 13.2 Å². The Morgan fingerprint density at radius 1 is 1.18 bits per heavy atom. The summed E-state index contributed by atoms with van der Waals surface area (Å²) >= 11 is 0. The van der Waals surface area contributed by atoms with Crippen molar-refractivity contribution in [2.45, 2.75) is 12.7 Å². The summed E-state index contributed by atoms with van der Waals surface area (Å²) in [6.45, 7) is 0.434. The van der Waals surface area contributed by atoms with Crippen LogP contribution < -0.4 is 5.32 Å². The molecule has 0 unspecified atom stereocenters. The minimum absolute atomic E-state index is 0.182. The molecule has 17 heavy (non-hydrogen) atoms. The molecule has 0 aliphatic rings. The first-order valence-electron chi connectivity index (χ1n) is 4.96. The van der Waals surface area contributed by atoms with Crippen LogP contribution in [0.25, 0.3) is 0 Å². The molecule has 0 aliphatic heterocycles. The van der Waals surface area contributed by atoms with Crippen molar-refractivity contribution in [3.8, 4) is 0 Å². The van der Waals surface area contributed by atoms with Crippen LogP contribution in [0.15, 0.2) is 36.4 Å². The number of aromatic amines is 1. The lowest BCUT2D eigenvalue weighted by molar-refractivity contribution is -0.141. The van der Waals surface area contributed by atoms with Crippen molar-refractivity contribution >= 4 is 5.82 Å². The Labute approximate surface area is 95.7 Å². The third-order valence-electron chi connectivity index (χ3n) is 2.20. The molecule has 0 saturated carbocycles. The summed E-state index contributed by atoms with van der Waals surface area (Å²) in [5.41, 5.74) is 0.122. The van der Waals surface area contributed by atoms with Crippen molar-refractivity contribution in [1.82, 2.24) is 10.2 Å². The van der Waals surface area contributed by atoms with Crippen LogP contribution in [-0.4, -0.2) is 10.2 Å². The number of hydrogen-bond donors (Lipinski definition) is 2. The van der Waals surface area contributed by atoms with Gasteiger partial charge in [-0.15, -0.1) is 0 Å². The van der Waals surface area contributed by atoms with E-state index < -0.39 is 11.9 Å². The van der Waals surface area contributed by atoms with Gasteiger partial charge >= 0.3 is 6.18 Å². The zero-order valence-electron chi connectivity index (χ0n) is 8.75. The molecule has 0 spiro atoms. The molecule has 0 saturated heterocycles. The van der Waals surface area contributed by atoms with Crippen molar-refractivity contribution in [2.24, 2.45) is 0 Å². The van der Waals surface area contributed by atoms with E-state index in [0.717, 1.165) is 11.6 Å². The van der Waals surface area contributed by atoms with E-state index in [1.807, 2.05) is 35.4 Å². The van der Waals surface area contributed by atoms with Crippen molar-refractivity contribution in [2.75, 3.05) is 5.32 Å². The van der Waals surface area contributed by atoms with Crippen LogP contribution in [0.1, 0.15) is 11.3 Å². The average molecular weight is 241 g/mol. The topological polar surface area (TPSA) is 40.7 Å². The zero-order chi connectivity index (χ0) is 12.3. The Morgan fingerprint density at radius 3 is 2.47 bits per heavy atom. The number of anilines is 1. The molecule has 0 bridgehead atoms. The monoisotopic (exact) mass is 241 g/mol. The van der Waals surface area contributed by atoms with Crippen molar-refractivity contribution in [3.05, 3.63) is 47.7 Å². The SMILES string of the molecule is FC(F)(F)c1cc(NCc2ccccc2)n[nH]1. The molecule has 0 atom stereocenters. The molecule has 2 aromatic rings. The van der Waals surface area contributed by atoms with E-state index >= 15 is 0 Å². The van der Waals surface area contributed by atoms with Crippen LogP contribution in [0.4, 0.5) is 19.0 Å². The highest BCUT2D eigenvalue weighted by Crippen LogP contribution is 2.28. The summed E-state index contributed by atoms with van der Waals surface area (Å²) in [4.78, 5) is 0. The van der Waals surface area contributed by atoms with E-state index in [1.165, 1.54) is 0 Å². The summed E-state index contributed by atoms with van der Waals surface area (Å²) in [5, 5.41) is 8.30. The van der Waals surface area contributed by atoms with Crippen LogP contribution >= 0.6 is 0 Å². The fraction of sp³-hybridized carbons (Fsp3) is 0.182. The maximum Gasteiger partial charge on any atom is 0.432 e. The first-order valence-corrected chi connectivity index (χ1v) is 4.96. The third-order valence-corrected chi connectivity index (χ3v) is 2.20. The molecule has 0 fully saturated rings. The van der Waals surface area contributed by atoms with Crippen LogP contribution in [0.5, 0.6) is 0 Å². The number of aromatic nitrogens is 2. The number of benzene rings is 1. The predicted molar refractivity (Wildman–Crippen MR) is 57.4 cm³/mol. The summed E-state index contributed by atoms with van der Waals surface area (Å²) in [5.74, 6) is 0.182. The second-order valence-electron chi connectivity index (χ2n) is 3.50. The normalized spacial score (nSPS) is 11.5. The standard InChI is InChI=1S/C11H10F3N3/c12-11(13,14)9-6-10(17-16-9)15-7-8-4-2-1-3-5-8/h1-6H,7H2,(H2,15,16,17). The highest BCUT2D eigenvalue weighted by molar-refractivity contribution is 5.37. The summed E-state index contributed by atoms with van der Waals surface area (Å²) < 4.78 is 36.8. The third kappa shape index (κ3) is 2.99. The molecule has 2 N–H and O–H groups in total. The average Bonchev–Trinajstić information content (AvgIpc) is 2.76. The Hall–Kier alpha value is -1.98. The van der Waals surface area contributed by atoms with Crippen molar-refractivity contribution in [1.29, 1.82) is 0 Å². The number of hydrogen-bond acceptors (Lipinski definition) is 2. The first-order chi connectivity index (χ1) is 8.05. The quantitative estimate of drug-likeness (QED) is 0.867. The van der Waals surface area contributed by atoms with E-state index in [4.69, 9.17) is 0 Å². The lowest BCUT2D eigenvalue weighted by Crippen LogP contribution is -2.04. The number of nitrogens with one attached hydrogen (secondary N) is 2. The molecular weight excluding hydrogens is 231 g/mol. The van der Waals surface area contributed by atoms with Gasteiger partial charge in [0.15, 0.2) is 0 Å². The molecule has 0 radical (unpaired) electrons. The van der Waals surface area contributed by atoms with Gasteiger partial charge < -0.3 is 5.32 Å². The minimum atomic E-state index is -4.39. The number of rotatable bonds is 3. The van der Waals surface area contributed by atoms with Gasteiger partial charge in [-0.3, -0.25) is 5.10 Å². The van der Waals surface area contributed by atoms with E-state index in [1.54, 1.807) is 0 Å². The van der Waals surface area contributed by atoms with Crippen LogP contribution in [0.3, 0.4) is 0 Å². The number of H-pyrrole nitrogens is 1.